The molecule has 1 radical (unpaired) electrons. The van der Waals surface area contributed by atoms with Crippen molar-refractivity contribution in [1.29, 1.82) is 0 Å². The molecule has 5 nitrogen and oxygen atoms in total. The molecule has 3 rings (SSSR count). The standard InChI is InChI=1S/C12H10FN2.C6H5NO2.Ir/c1-8-7-14-9(2)12(15-8)10-3-5-11(13)6-4-10;8-6(9)5-3-1-2-4-7-5;/h3,5-7H,1-2H3;1-4H,(H,8,9);/q-1;;. The molecule has 0 aliphatic rings. The summed E-state index contributed by atoms with van der Waals surface area (Å²) in [7, 11) is 0. The number of aryl methyl sites for hydroxylation is 2. The minimum Gasteiger partial charge on any atom is -0.477 e. The van der Waals surface area contributed by atoms with E-state index in [4.69, 9.17) is 5.11 Å². The quantitative estimate of drug-likeness (QED) is 0.528. The number of aromatic nitrogens is 3. The van der Waals surface area contributed by atoms with Gasteiger partial charge in [-0.3, -0.25) is 14.4 Å². The summed E-state index contributed by atoms with van der Waals surface area (Å²) < 4.78 is 12.7. The summed E-state index contributed by atoms with van der Waals surface area (Å²) in [4.78, 5) is 22.3. The Kier molecular flexibility index (Phi) is 7.98. The van der Waals surface area contributed by atoms with Crippen LogP contribution < -0.4 is 0 Å². The molecule has 0 unspecified atom stereocenters. The molecule has 131 valence electrons. The van der Waals surface area contributed by atoms with Crippen LogP contribution in [0.5, 0.6) is 0 Å². The van der Waals surface area contributed by atoms with E-state index in [-0.39, 0.29) is 31.6 Å². The summed E-state index contributed by atoms with van der Waals surface area (Å²) in [6.07, 6.45) is 3.16. The number of pyridine rings is 1. The van der Waals surface area contributed by atoms with Crippen molar-refractivity contribution >= 4 is 5.97 Å². The van der Waals surface area contributed by atoms with Crippen molar-refractivity contribution in [3.05, 3.63) is 77.8 Å². The number of carboxylic acid groups (broad SMARTS) is 1. The second-order valence-electron chi connectivity index (χ2n) is 4.89. The monoisotopic (exact) mass is 517 g/mol. The first kappa shape index (κ1) is 20.5. The van der Waals surface area contributed by atoms with E-state index in [1.165, 1.54) is 24.4 Å². The Balaban J connectivity index is 0.000000270. The average molecular weight is 517 g/mol. The van der Waals surface area contributed by atoms with E-state index < -0.39 is 5.97 Å². The van der Waals surface area contributed by atoms with Crippen molar-refractivity contribution < 1.29 is 34.4 Å². The van der Waals surface area contributed by atoms with Crippen molar-refractivity contribution in [2.24, 2.45) is 0 Å². The zero-order valence-corrected chi connectivity index (χ0v) is 15.9. The van der Waals surface area contributed by atoms with Gasteiger partial charge in [-0.1, -0.05) is 6.07 Å². The molecule has 0 bridgehead atoms. The molecule has 0 saturated carbocycles. The SMILES string of the molecule is Cc1cnc(C)c(-c2[c-]cc(F)cc2)n1.O=C(O)c1ccccn1.[Ir]. The molecule has 0 aliphatic carbocycles. The molecule has 1 N–H and O–H groups in total. The average Bonchev–Trinajstić information content (AvgIpc) is 2.59. The number of aromatic carboxylic acids is 1. The number of rotatable bonds is 2. The van der Waals surface area contributed by atoms with E-state index in [9.17, 15) is 9.18 Å². The Labute approximate surface area is 158 Å². The first-order chi connectivity index (χ1) is 11.5. The zero-order chi connectivity index (χ0) is 17.5. The van der Waals surface area contributed by atoms with Crippen LogP contribution >= 0.6 is 0 Å². The second-order valence-corrected chi connectivity index (χ2v) is 4.89. The molecule has 0 amide bonds. The number of halogens is 1. The maximum absolute atomic E-state index is 12.7. The van der Waals surface area contributed by atoms with Gasteiger partial charge >= 0.3 is 5.97 Å². The van der Waals surface area contributed by atoms with Crippen LogP contribution in [0.3, 0.4) is 0 Å². The fourth-order valence-corrected chi connectivity index (χ4v) is 1.84. The van der Waals surface area contributed by atoms with Crippen molar-refractivity contribution in [2.45, 2.75) is 13.8 Å². The molecule has 25 heavy (non-hydrogen) atoms. The molecular weight excluding hydrogens is 501 g/mol. The van der Waals surface area contributed by atoms with Gasteiger partial charge in [0, 0.05) is 55.4 Å². The molecule has 0 saturated heterocycles. The van der Waals surface area contributed by atoms with E-state index in [0.29, 0.717) is 0 Å². The number of hydrogen-bond acceptors (Lipinski definition) is 4. The molecule has 3 aromatic rings. The van der Waals surface area contributed by atoms with Gasteiger partial charge < -0.3 is 5.11 Å². The van der Waals surface area contributed by atoms with Crippen molar-refractivity contribution in [3.63, 3.8) is 0 Å². The smallest absolute Gasteiger partial charge is 0.354 e. The topological polar surface area (TPSA) is 76.0 Å². The van der Waals surface area contributed by atoms with Gasteiger partial charge in [0.1, 0.15) is 5.69 Å². The predicted molar refractivity (Wildman–Crippen MR) is 86.9 cm³/mol. The Bertz CT molecular complexity index is 827. The molecule has 1 aromatic carbocycles. The first-order valence-corrected chi connectivity index (χ1v) is 7.09. The fraction of sp³-hybridized carbons (Fsp3) is 0.111. The zero-order valence-electron chi connectivity index (χ0n) is 13.5. The maximum atomic E-state index is 12.7. The van der Waals surface area contributed by atoms with Crippen molar-refractivity contribution in [1.82, 2.24) is 15.0 Å². The van der Waals surface area contributed by atoms with E-state index in [0.717, 1.165) is 22.6 Å². The number of benzene rings is 1. The molecule has 0 aliphatic heterocycles. The summed E-state index contributed by atoms with van der Waals surface area (Å²) >= 11 is 0. The number of carbonyl (C=O) groups is 1. The summed E-state index contributed by atoms with van der Waals surface area (Å²) in [6.45, 7) is 3.75. The minimum absolute atomic E-state index is 0. The van der Waals surface area contributed by atoms with E-state index >= 15 is 0 Å². The Morgan fingerprint density at radius 2 is 1.92 bits per heavy atom. The minimum atomic E-state index is -0.990. The van der Waals surface area contributed by atoms with Crippen LogP contribution in [-0.4, -0.2) is 26.0 Å². The number of hydrogen-bond donors (Lipinski definition) is 1. The van der Waals surface area contributed by atoms with Crippen LogP contribution in [0.4, 0.5) is 4.39 Å². The van der Waals surface area contributed by atoms with Crippen LogP contribution in [0.15, 0.2) is 48.8 Å². The normalized spacial score (nSPS) is 9.40. The van der Waals surface area contributed by atoms with Gasteiger partial charge in [-0.25, -0.2) is 9.78 Å². The third kappa shape index (κ3) is 6.14. The summed E-state index contributed by atoms with van der Waals surface area (Å²) in [6, 6.07) is 12.0. The van der Waals surface area contributed by atoms with Crippen molar-refractivity contribution in [2.75, 3.05) is 0 Å². The van der Waals surface area contributed by atoms with Gasteiger partial charge in [-0.05, 0) is 26.0 Å². The molecule has 7 heteroatoms. The maximum Gasteiger partial charge on any atom is 0.354 e. The molecule has 2 heterocycles. The van der Waals surface area contributed by atoms with Gasteiger partial charge in [-0.15, -0.1) is 29.8 Å². The summed E-state index contributed by atoms with van der Waals surface area (Å²) in [5.74, 6) is -1.28. The number of carboxylic acids is 1. The molecule has 0 atom stereocenters. The van der Waals surface area contributed by atoms with Gasteiger partial charge in [0.25, 0.3) is 0 Å². The fourth-order valence-electron chi connectivity index (χ4n) is 1.84. The Morgan fingerprint density at radius 3 is 2.44 bits per heavy atom. The van der Waals surface area contributed by atoms with Crippen LogP contribution in [-0.2, 0) is 20.1 Å². The van der Waals surface area contributed by atoms with E-state index in [1.807, 2.05) is 13.8 Å². The van der Waals surface area contributed by atoms with Crippen LogP contribution in [0, 0.1) is 25.7 Å². The van der Waals surface area contributed by atoms with Crippen LogP contribution in [0.1, 0.15) is 21.9 Å². The largest absolute Gasteiger partial charge is 0.477 e. The number of nitrogens with zero attached hydrogens (tertiary/aromatic N) is 3. The van der Waals surface area contributed by atoms with E-state index in [1.54, 1.807) is 24.4 Å². The van der Waals surface area contributed by atoms with E-state index in [2.05, 4.69) is 21.0 Å². The van der Waals surface area contributed by atoms with Gasteiger partial charge in [0.2, 0.25) is 0 Å². The van der Waals surface area contributed by atoms with Crippen molar-refractivity contribution in [3.8, 4) is 11.3 Å². The third-order valence-corrected chi connectivity index (χ3v) is 2.99. The molecule has 0 fully saturated rings. The first-order valence-electron chi connectivity index (χ1n) is 7.09. The Morgan fingerprint density at radius 1 is 1.16 bits per heavy atom. The Hall–Kier alpha value is -2.50. The van der Waals surface area contributed by atoms with Gasteiger partial charge in [0.15, 0.2) is 0 Å². The van der Waals surface area contributed by atoms with Crippen LogP contribution in [0.25, 0.3) is 11.3 Å². The summed E-state index contributed by atoms with van der Waals surface area (Å²) in [5.41, 5.74) is 3.27. The van der Waals surface area contributed by atoms with Crippen LogP contribution in [0.2, 0.25) is 0 Å². The molecule has 2 aromatic heterocycles. The summed E-state index contributed by atoms with van der Waals surface area (Å²) in [5, 5.41) is 8.32. The predicted octanol–water partition coefficient (Wildman–Crippen LogP) is 3.48. The second kappa shape index (κ2) is 9.71. The third-order valence-electron chi connectivity index (χ3n) is 2.99. The van der Waals surface area contributed by atoms with Gasteiger partial charge in [-0.2, -0.15) is 0 Å². The van der Waals surface area contributed by atoms with Gasteiger partial charge in [0.05, 0.1) is 0 Å². The molecular formula is C18H15FIrN3O2-. The molecule has 0 spiro atoms.